The van der Waals surface area contributed by atoms with Gasteiger partial charge in [-0.1, -0.05) is 17.2 Å². The van der Waals surface area contributed by atoms with Gasteiger partial charge in [-0.15, -0.1) is 0 Å². The Morgan fingerprint density at radius 2 is 0.894 bits per heavy atom. The number of rotatable bonds is 7. The Balaban J connectivity index is 0.000000248. The van der Waals surface area contributed by atoms with Crippen molar-refractivity contribution in [2.75, 3.05) is 36.0 Å². The molecule has 0 saturated carbocycles. The van der Waals surface area contributed by atoms with Crippen LogP contribution in [0.1, 0.15) is 57.3 Å². The van der Waals surface area contributed by atoms with Crippen LogP contribution in [-0.2, 0) is 48.6 Å². The fourth-order valence-electron chi connectivity index (χ4n) is 7.37. The monoisotopic (exact) mass is 1100 g/mol. The summed E-state index contributed by atoms with van der Waals surface area (Å²) in [5.74, 6) is 0.105. The molecule has 2 unspecified atom stereocenters. The summed E-state index contributed by atoms with van der Waals surface area (Å²) in [5.41, 5.74) is -0.472. The van der Waals surface area contributed by atoms with E-state index in [1.54, 1.807) is 0 Å². The summed E-state index contributed by atoms with van der Waals surface area (Å²) in [5, 5.41) is 3.35. The van der Waals surface area contributed by atoms with Crippen LogP contribution in [0.25, 0.3) is 10.4 Å². The van der Waals surface area contributed by atoms with Gasteiger partial charge in [-0.2, -0.15) is 79.0 Å². The minimum atomic E-state index is -5.28. The lowest BCUT2D eigenvalue weighted by atomic mass is 9.77. The summed E-state index contributed by atoms with van der Waals surface area (Å²) >= 11 is 6.25. The molecule has 6 rings (SSSR count). The van der Waals surface area contributed by atoms with E-state index in [1.807, 2.05) is 0 Å². The Morgan fingerprint density at radius 1 is 0.561 bits per heavy atom. The number of alkyl halides is 18. The first-order valence-corrected chi connectivity index (χ1v) is 20.0. The van der Waals surface area contributed by atoms with Crippen LogP contribution < -0.4 is 15.5 Å². The number of nitrogens with two attached hydrogens (primary N) is 1. The highest BCUT2D eigenvalue weighted by atomic mass is 79.9. The van der Waals surface area contributed by atoms with Crippen molar-refractivity contribution in [3.05, 3.63) is 125 Å². The molecule has 0 radical (unpaired) electrons. The van der Waals surface area contributed by atoms with Gasteiger partial charge in [0.2, 0.25) is 0 Å². The number of aromatic nitrogens is 2. The maximum absolute atomic E-state index is 14.3. The van der Waals surface area contributed by atoms with Crippen molar-refractivity contribution < 1.29 is 79.0 Å². The van der Waals surface area contributed by atoms with Crippen molar-refractivity contribution in [2.45, 2.75) is 73.8 Å². The zero-order chi connectivity index (χ0) is 49.6. The van der Waals surface area contributed by atoms with Crippen LogP contribution in [0.3, 0.4) is 0 Å². The highest BCUT2D eigenvalue weighted by Gasteiger charge is 2.61. The Hall–Kier alpha value is -4.69. The quantitative estimate of drug-likeness (QED) is 0.0652. The van der Waals surface area contributed by atoms with Crippen molar-refractivity contribution >= 4 is 43.5 Å². The lowest BCUT2D eigenvalue weighted by Crippen LogP contribution is -2.45. The number of azide groups is 1. The second-order valence-corrected chi connectivity index (χ2v) is 16.4. The third kappa shape index (κ3) is 11.0. The van der Waals surface area contributed by atoms with Gasteiger partial charge in [0.05, 0.1) is 28.8 Å². The van der Waals surface area contributed by atoms with Gasteiger partial charge in [0.15, 0.2) is 0 Å². The van der Waals surface area contributed by atoms with Crippen molar-refractivity contribution in [3.63, 3.8) is 0 Å². The van der Waals surface area contributed by atoms with Crippen LogP contribution in [0.2, 0.25) is 0 Å². The first kappa shape index (κ1) is 52.3. The first-order valence-electron chi connectivity index (χ1n) is 18.4. The number of benzene rings is 2. The number of hydrogen-bond acceptors (Lipinski definition) is 6. The Kier molecular flexibility index (Phi) is 14.6. The Labute approximate surface area is 377 Å². The summed E-state index contributed by atoms with van der Waals surface area (Å²) in [7, 11) is 0. The van der Waals surface area contributed by atoms with Crippen LogP contribution in [-0.4, -0.2) is 48.5 Å². The summed E-state index contributed by atoms with van der Waals surface area (Å²) in [6, 6.07) is 5.81. The zero-order valence-corrected chi connectivity index (χ0v) is 35.9. The molecule has 66 heavy (non-hydrogen) atoms. The number of pyridine rings is 2. The standard InChI is InChI=1S/C19H13BrF9N5.C19H15BrF9N3/c20-15-10(8-31-33-30)1-2-14(32-15)34-4-3-16(9-34,19(27,28)29)11-5-12(17(21,22)23)7-13(6-11)18(24,25)26;20-15-10(8-30)1-2-14(31-15)32-4-3-16(9-32,19(27,28)29)11-5-12(17(21,22)23)7-13(6-11)18(24,25)26/h1-2,5-7H,3-4,8-9H2;1-2,5-7H,3-4,8-9,30H2. The molecular weight excluding hydrogens is 1070 g/mol. The molecule has 2 fully saturated rings. The lowest BCUT2D eigenvalue weighted by molar-refractivity contribution is -0.185. The van der Waals surface area contributed by atoms with E-state index < -0.39 is 107 Å². The predicted octanol–water partition coefficient (Wildman–Crippen LogP) is 13.5. The van der Waals surface area contributed by atoms with Gasteiger partial charge in [-0.3, -0.25) is 0 Å². The third-order valence-electron chi connectivity index (χ3n) is 10.9. The second-order valence-electron chi connectivity index (χ2n) is 14.9. The van der Waals surface area contributed by atoms with E-state index in [0.29, 0.717) is 11.1 Å². The van der Waals surface area contributed by atoms with Gasteiger partial charge in [0.1, 0.15) is 31.7 Å². The van der Waals surface area contributed by atoms with Crippen LogP contribution in [0.15, 0.2) is 75.0 Å². The third-order valence-corrected chi connectivity index (χ3v) is 12.3. The van der Waals surface area contributed by atoms with Gasteiger partial charge < -0.3 is 15.5 Å². The molecule has 8 nitrogen and oxygen atoms in total. The number of anilines is 2. The fraction of sp³-hybridized carbons (Fsp3) is 0.421. The molecule has 0 bridgehead atoms. The van der Waals surface area contributed by atoms with Gasteiger partial charge >= 0.3 is 37.1 Å². The van der Waals surface area contributed by atoms with Gasteiger partial charge in [-0.25, -0.2) is 9.97 Å². The highest BCUT2D eigenvalue weighted by molar-refractivity contribution is 9.10. The minimum Gasteiger partial charge on any atom is -0.355 e. The maximum atomic E-state index is 14.3. The molecule has 2 saturated heterocycles. The number of hydrogen-bond donors (Lipinski definition) is 1. The fourth-order valence-corrected chi connectivity index (χ4v) is 8.29. The van der Waals surface area contributed by atoms with Crippen LogP contribution in [0.5, 0.6) is 0 Å². The maximum Gasteiger partial charge on any atom is 0.416 e. The highest BCUT2D eigenvalue weighted by Crippen LogP contribution is 2.52. The summed E-state index contributed by atoms with van der Waals surface area (Å²) in [6.07, 6.45) is -32.9. The summed E-state index contributed by atoms with van der Waals surface area (Å²) < 4.78 is 245. The van der Waals surface area contributed by atoms with E-state index in [-0.39, 0.29) is 83.4 Å². The first-order chi connectivity index (χ1) is 30.2. The molecule has 28 heteroatoms. The predicted molar refractivity (Wildman–Crippen MR) is 207 cm³/mol. The van der Waals surface area contributed by atoms with Crippen molar-refractivity contribution in [1.29, 1.82) is 0 Å². The molecule has 4 heterocycles. The van der Waals surface area contributed by atoms with E-state index >= 15 is 0 Å². The molecule has 360 valence electrons. The zero-order valence-electron chi connectivity index (χ0n) is 32.7. The molecule has 2 aromatic heterocycles. The van der Waals surface area contributed by atoms with E-state index in [1.165, 1.54) is 29.2 Å². The topological polar surface area (TPSA) is 107 Å². The van der Waals surface area contributed by atoms with E-state index in [4.69, 9.17) is 11.3 Å². The summed E-state index contributed by atoms with van der Waals surface area (Å²) in [6.45, 7) is -2.43. The SMILES string of the molecule is NCc1ccc(N2CCC(c3cc(C(F)(F)F)cc(C(F)(F)F)c3)(C(F)(F)F)C2)nc1Br.[N-]=[N+]=NCc1ccc(N2CCC(c3cc(C(F)(F)F)cc(C(F)(F)F)c3)(C(F)(F)F)C2)nc1Br. The van der Waals surface area contributed by atoms with Crippen LogP contribution >= 0.6 is 31.9 Å². The molecule has 2 N–H and O–H groups in total. The van der Waals surface area contributed by atoms with Gasteiger partial charge in [0.25, 0.3) is 0 Å². The number of nitrogens with zero attached hydrogens (tertiary/aromatic N) is 7. The van der Waals surface area contributed by atoms with E-state index in [2.05, 4.69) is 51.9 Å². The molecule has 2 aromatic carbocycles. The van der Waals surface area contributed by atoms with E-state index in [9.17, 15) is 79.0 Å². The normalized spacial score (nSPS) is 19.7. The molecule has 0 aliphatic carbocycles. The van der Waals surface area contributed by atoms with Gasteiger partial charge in [0, 0.05) is 37.6 Å². The molecule has 2 aliphatic rings. The minimum absolute atomic E-state index is 0.0192. The largest absolute Gasteiger partial charge is 0.416 e. The van der Waals surface area contributed by atoms with Crippen LogP contribution in [0, 0.1) is 0 Å². The molecular formula is C38H28Br2F18N8. The Bertz CT molecular complexity index is 2400. The van der Waals surface area contributed by atoms with Gasteiger partial charge in [-0.05, 0) is 121 Å². The molecule has 4 aromatic rings. The average molecular weight is 1100 g/mol. The smallest absolute Gasteiger partial charge is 0.355 e. The Morgan fingerprint density at radius 3 is 1.17 bits per heavy atom. The average Bonchev–Trinajstić information content (AvgIpc) is 3.87. The molecule has 0 amide bonds. The van der Waals surface area contributed by atoms with Crippen molar-refractivity contribution in [2.24, 2.45) is 10.8 Å². The van der Waals surface area contributed by atoms with E-state index in [0.717, 1.165) is 4.90 Å². The lowest BCUT2D eigenvalue weighted by Gasteiger charge is -2.33. The van der Waals surface area contributed by atoms with Crippen molar-refractivity contribution in [3.8, 4) is 0 Å². The second kappa shape index (κ2) is 18.4. The molecule has 0 spiro atoms. The molecule has 2 atom stereocenters. The summed E-state index contributed by atoms with van der Waals surface area (Å²) in [4.78, 5) is 13.1. The number of halogens is 20. The van der Waals surface area contributed by atoms with Crippen LogP contribution in [0.4, 0.5) is 90.7 Å². The molecule has 2 aliphatic heterocycles. The van der Waals surface area contributed by atoms with Crippen molar-refractivity contribution in [1.82, 2.24) is 9.97 Å².